The molecular formula is C13H9N3O4S. The monoisotopic (exact) mass is 303 g/mol. The average Bonchev–Trinajstić information content (AvgIpc) is 2.94. The molecule has 2 rings (SSSR count). The molecule has 2 aromatic rings. The molecule has 0 unspecified atom stereocenters. The molecule has 0 fully saturated rings. The highest BCUT2D eigenvalue weighted by Gasteiger charge is 2.15. The second kappa shape index (κ2) is 6.02. The van der Waals surface area contributed by atoms with E-state index in [9.17, 15) is 14.9 Å². The van der Waals surface area contributed by atoms with Crippen LogP contribution in [0, 0.1) is 21.4 Å². The highest BCUT2D eigenvalue weighted by Crippen LogP contribution is 2.26. The van der Waals surface area contributed by atoms with Crippen LogP contribution in [0.5, 0.6) is 0 Å². The number of carboxylic acids is 1. The van der Waals surface area contributed by atoms with Crippen LogP contribution in [-0.2, 0) is 6.54 Å². The molecule has 1 heterocycles. The number of aromatic carboxylic acids is 1. The highest BCUT2D eigenvalue weighted by atomic mass is 32.1. The summed E-state index contributed by atoms with van der Waals surface area (Å²) in [6, 6.07) is 7.49. The second-order valence-electron chi connectivity index (χ2n) is 4.06. The Labute approximate surface area is 123 Å². The Balaban J connectivity index is 2.17. The van der Waals surface area contributed by atoms with Crippen molar-refractivity contribution in [1.29, 1.82) is 5.26 Å². The van der Waals surface area contributed by atoms with Crippen molar-refractivity contribution in [2.45, 2.75) is 6.54 Å². The van der Waals surface area contributed by atoms with Crippen molar-refractivity contribution in [1.82, 2.24) is 0 Å². The zero-order valence-corrected chi connectivity index (χ0v) is 11.4. The number of nitro benzene ring substituents is 1. The molecule has 0 saturated heterocycles. The van der Waals surface area contributed by atoms with Crippen LogP contribution in [0.2, 0.25) is 0 Å². The molecule has 1 aromatic heterocycles. The maximum absolute atomic E-state index is 11.0. The fraction of sp³-hybridized carbons (Fsp3) is 0.0769. The number of rotatable bonds is 5. The Bertz CT molecular complexity index is 748. The van der Waals surface area contributed by atoms with Crippen LogP contribution in [-0.4, -0.2) is 16.0 Å². The fourth-order valence-corrected chi connectivity index (χ4v) is 2.47. The Morgan fingerprint density at radius 1 is 1.48 bits per heavy atom. The van der Waals surface area contributed by atoms with Gasteiger partial charge in [-0.15, -0.1) is 11.3 Å². The van der Waals surface area contributed by atoms with Crippen LogP contribution >= 0.6 is 11.3 Å². The molecule has 0 bridgehead atoms. The molecule has 0 spiro atoms. The SMILES string of the molecule is N#Cc1ccc(NCc2cc(C(=O)O)cs2)c([N+](=O)[O-])c1. The van der Waals surface area contributed by atoms with Crippen molar-refractivity contribution in [3.63, 3.8) is 0 Å². The lowest BCUT2D eigenvalue weighted by molar-refractivity contribution is -0.384. The van der Waals surface area contributed by atoms with Gasteiger partial charge in [0.25, 0.3) is 5.69 Å². The quantitative estimate of drug-likeness (QED) is 0.648. The van der Waals surface area contributed by atoms with Crippen LogP contribution in [0.4, 0.5) is 11.4 Å². The molecule has 0 amide bonds. The summed E-state index contributed by atoms with van der Waals surface area (Å²) >= 11 is 1.25. The van der Waals surface area contributed by atoms with Crippen molar-refractivity contribution in [3.05, 3.63) is 55.8 Å². The van der Waals surface area contributed by atoms with Gasteiger partial charge in [0.1, 0.15) is 5.69 Å². The van der Waals surface area contributed by atoms with Crippen LogP contribution in [0.1, 0.15) is 20.8 Å². The summed E-state index contributed by atoms with van der Waals surface area (Å²) in [5.41, 5.74) is 0.482. The van der Waals surface area contributed by atoms with Gasteiger partial charge in [-0.05, 0) is 18.2 Å². The summed E-state index contributed by atoms with van der Waals surface area (Å²) in [5, 5.41) is 32.9. The fourth-order valence-electron chi connectivity index (χ4n) is 1.67. The number of hydrogen-bond acceptors (Lipinski definition) is 6. The first-order valence-electron chi connectivity index (χ1n) is 5.74. The average molecular weight is 303 g/mol. The number of thiophene rings is 1. The minimum atomic E-state index is -1.01. The third-order valence-electron chi connectivity index (χ3n) is 2.68. The normalized spacial score (nSPS) is 9.86. The zero-order valence-electron chi connectivity index (χ0n) is 10.6. The van der Waals surface area contributed by atoms with E-state index in [4.69, 9.17) is 10.4 Å². The van der Waals surface area contributed by atoms with Gasteiger partial charge in [-0.25, -0.2) is 4.79 Å². The van der Waals surface area contributed by atoms with E-state index in [1.807, 2.05) is 6.07 Å². The third-order valence-corrected chi connectivity index (χ3v) is 3.61. The van der Waals surface area contributed by atoms with Crippen LogP contribution in [0.25, 0.3) is 0 Å². The molecule has 0 radical (unpaired) electrons. The van der Waals surface area contributed by atoms with Crippen molar-refractivity contribution >= 4 is 28.7 Å². The summed E-state index contributed by atoms with van der Waals surface area (Å²) in [6.45, 7) is 0.269. The van der Waals surface area contributed by atoms with Crippen molar-refractivity contribution < 1.29 is 14.8 Å². The number of nitriles is 1. The van der Waals surface area contributed by atoms with Gasteiger partial charge >= 0.3 is 5.97 Å². The summed E-state index contributed by atoms with van der Waals surface area (Å²) in [6.07, 6.45) is 0. The smallest absolute Gasteiger partial charge is 0.336 e. The van der Waals surface area contributed by atoms with Crippen LogP contribution in [0.3, 0.4) is 0 Å². The summed E-state index contributed by atoms with van der Waals surface area (Å²) in [4.78, 5) is 21.9. The molecule has 0 aliphatic carbocycles. The standard InChI is InChI=1S/C13H9N3O4S/c14-5-8-1-2-11(12(3-8)16(19)20)15-6-10-4-9(7-21-10)13(17)18/h1-4,7,15H,6H2,(H,17,18). The maximum atomic E-state index is 11.0. The second-order valence-corrected chi connectivity index (χ2v) is 5.06. The number of nitrogens with zero attached hydrogens (tertiary/aromatic N) is 2. The lowest BCUT2D eigenvalue weighted by Crippen LogP contribution is -2.02. The topological polar surface area (TPSA) is 116 Å². The number of carbonyl (C=O) groups is 1. The lowest BCUT2D eigenvalue weighted by atomic mass is 10.2. The van der Waals surface area contributed by atoms with E-state index in [2.05, 4.69) is 5.32 Å². The molecule has 106 valence electrons. The molecule has 8 heteroatoms. The van der Waals surface area contributed by atoms with Gasteiger partial charge in [-0.2, -0.15) is 5.26 Å². The summed E-state index contributed by atoms with van der Waals surface area (Å²) < 4.78 is 0. The van der Waals surface area contributed by atoms with Gasteiger partial charge in [0.2, 0.25) is 0 Å². The molecule has 7 nitrogen and oxygen atoms in total. The third kappa shape index (κ3) is 3.34. The van der Waals surface area contributed by atoms with Gasteiger partial charge in [-0.1, -0.05) is 0 Å². The lowest BCUT2D eigenvalue weighted by Gasteiger charge is -2.05. The Hall–Kier alpha value is -2.92. The highest BCUT2D eigenvalue weighted by molar-refractivity contribution is 7.10. The van der Waals surface area contributed by atoms with Gasteiger partial charge in [-0.3, -0.25) is 10.1 Å². The van der Waals surface area contributed by atoms with Gasteiger partial charge in [0.15, 0.2) is 0 Å². The van der Waals surface area contributed by atoms with Gasteiger partial charge in [0.05, 0.1) is 22.1 Å². The Morgan fingerprint density at radius 3 is 2.81 bits per heavy atom. The predicted octanol–water partition coefficient (Wildman–Crippen LogP) is 2.84. The van der Waals surface area contributed by atoms with E-state index in [1.54, 1.807) is 0 Å². The van der Waals surface area contributed by atoms with Crippen LogP contribution in [0.15, 0.2) is 29.6 Å². The number of anilines is 1. The van der Waals surface area contributed by atoms with E-state index in [0.29, 0.717) is 0 Å². The molecule has 21 heavy (non-hydrogen) atoms. The number of benzene rings is 1. The van der Waals surface area contributed by atoms with Crippen LogP contribution < -0.4 is 5.32 Å². The molecule has 1 aromatic carbocycles. The molecule has 0 saturated carbocycles. The molecule has 0 aliphatic heterocycles. The maximum Gasteiger partial charge on any atom is 0.336 e. The number of nitro groups is 1. The first kappa shape index (κ1) is 14.5. The summed E-state index contributed by atoms with van der Waals surface area (Å²) in [7, 11) is 0. The molecule has 2 N–H and O–H groups in total. The summed E-state index contributed by atoms with van der Waals surface area (Å²) in [5.74, 6) is -1.01. The minimum Gasteiger partial charge on any atom is -0.478 e. The largest absolute Gasteiger partial charge is 0.478 e. The van der Waals surface area contributed by atoms with E-state index >= 15 is 0 Å². The molecule has 0 aliphatic rings. The molecular weight excluding hydrogens is 294 g/mol. The number of hydrogen-bond donors (Lipinski definition) is 2. The van der Waals surface area contributed by atoms with E-state index < -0.39 is 10.9 Å². The van der Waals surface area contributed by atoms with Crippen molar-refractivity contribution in [2.24, 2.45) is 0 Å². The predicted molar refractivity (Wildman–Crippen MR) is 76.4 cm³/mol. The van der Waals surface area contributed by atoms with Crippen molar-refractivity contribution in [3.8, 4) is 6.07 Å². The van der Waals surface area contributed by atoms with E-state index in [1.165, 1.54) is 41.0 Å². The first-order valence-corrected chi connectivity index (χ1v) is 6.62. The van der Waals surface area contributed by atoms with Crippen molar-refractivity contribution in [2.75, 3.05) is 5.32 Å². The van der Waals surface area contributed by atoms with E-state index in [-0.39, 0.29) is 29.0 Å². The number of nitrogens with one attached hydrogen (secondary N) is 1. The minimum absolute atomic E-state index is 0.186. The number of carboxylic acid groups (broad SMARTS) is 1. The zero-order chi connectivity index (χ0) is 15.4. The first-order chi connectivity index (χ1) is 10.0. The van der Waals surface area contributed by atoms with Gasteiger partial charge < -0.3 is 10.4 Å². The Morgan fingerprint density at radius 2 is 2.24 bits per heavy atom. The van der Waals surface area contributed by atoms with Gasteiger partial charge in [0, 0.05) is 22.9 Å². The van der Waals surface area contributed by atoms with E-state index in [0.717, 1.165) is 4.88 Å². The molecule has 0 atom stereocenters. The Kier molecular flexibility index (Phi) is 4.15.